The molecule has 20 heavy (non-hydrogen) atoms. The molecule has 2 heterocycles. The van der Waals surface area contributed by atoms with E-state index in [1.807, 2.05) is 0 Å². The molecular formula is C16H29N3O. The lowest BCUT2D eigenvalue weighted by Crippen LogP contribution is -2.47. The van der Waals surface area contributed by atoms with Gasteiger partial charge in [-0.2, -0.15) is 0 Å². The van der Waals surface area contributed by atoms with E-state index < -0.39 is 0 Å². The van der Waals surface area contributed by atoms with Gasteiger partial charge in [0, 0.05) is 44.1 Å². The third kappa shape index (κ3) is 3.84. The zero-order valence-electron chi connectivity index (χ0n) is 13.2. The number of nitrogens with zero attached hydrogens (tertiary/aromatic N) is 2. The Morgan fingerprint density at radius 3 is 2.75 bits per heavy atom. The molecule has 4 heteroatoms. The largest absolute Gasteiger partial charge is 0.374 e. The number of nitrogens with two attached hydrogens (primary N) is 1. The van der Waals surface area contributed by atoms with Gasteiger partial charge in [0.2, 0.25) is 0 Å². The Hall–Kier alpha value is -0.840. The van der Waals surface area contributed by atoms with Crippen molar-refractivity contribution in [1.82, 2.24) is 9.47 Å². The van der Waals surface area contributed by atoms with Crippen molar-refractivity contribution in [2.24, 2.45) is 11.7 Å². The molecule has 114 valence electrons. The average molecular weight is 279 g/mol. The van der Waals surface area contributed by atoms with Crippen LogP contribution >= 0.6 is 0 Å². The highest BCUT2D eigenvalue weighted by atomic mass is 16.5. The van der Waals surface area contributed by atoms with Crippen LogP contribution in [0.1, 0.15) is 39.3 Å². The topological polar surface area (TPSA) is 43.4 Å². The van der Waals surface area contributed by atoms with E-state index in [1.165, 1.54) is 5.56 Å². The summed E-state index contributed by atoms with van der Waals surface area (Å²) in [6, 6.07) is 2.85. The highest BCUT2D eigenvalue weighted by molar-refractivity contribution is 5.15. The molecule has 1 aromatic rings. The number of ether oxygens (including phenoxy) is 1. The highest BCUT2D eigenvalue weighted by Gasteiger charge is 2.22. The van der Waals surface area contributed by atoms with Crippen molar-refractivity contribution in [3.63, 3.8) is 0 Å². The first-order valence-corrected chi connectivity index (χ1v) is 7.74. The molecule has 2 rings (SSSR count). The first-order valence-electron chi connectivity index (χ1n) is 7.74. The lowest BCUT2D eigenvalue weighted by molar-refractivity contribution is -0.0455. The van der Waals surface area contributed by atoms with Crippen molar-refractivity contribution in [3.05, 3.63) is 24.0 Å². The maximum atomic E-state index is 6.19. The quantitative estimate of drug-likeness (QED) is 0.899. The summed E-state index contributed by atoms with van der Waals surface area (Å²) in [5.74, 6) is 0.466. The van der Waals surface area contributed by atoms with Gasteiger partial charge in [0.15, 0.2) is 0 Å². The van der Waals surface area contributed by atoms with Crippen molar-refractivity contribution in [1.29, 1.82) is 0 Å². The van der Waals surface area contributed by atoms with Gasteiger partial charge in [-0.15, -0.1) is 0 Å². The van der Waals surface area contributed by atoms with Gasteiger partial charge in [-0.05, 0) is 31.4 Å². The minimum absolute atomic E-state index is 0.121. The second-order valence-electron chi connectivity index (χ2n) is 6.49. The molecule has 0 aliphatic carbocycles. The second-order valence-corrected chi connectivity index (χ2v) is 6.49. The van der Waals surface area contributed by atoms with E-state index in [1.54, 1.807) is 0 Å². The fourth-order valence-corrected chi connectivity index (χ4v) is 2.71. The van der Waals surface area contributed by atoms with Gasteiger partial charge in [-0.25, -0.2) is 0 Å². The Morgan fingerprint density at radius 1 is 1.35 bits per heavy atom. The Labute approximate surface area is 122 Å². The molecule has 2 unspecified atom stereocenters. The maximum absolute atomic E-state index is 6.19. The van der Waals surface area contributed by atoms with Crippen LogP contribution in [-0.4, -0.2) is 41.3 Å². The molecule has 0 bridgehead atoms. The lowest BCUT2D eigenvalue weighted by Gasteiger charge is -2.35. The molecule has 0 saturated carbocycles. The number of rotatable bonds is 5. The summed E-state index contributed by atoms with van der Waals surface area (Å²) in [5.41, 5.74) is 7.41. The van der Waals surface area contributed by atoms with Gasteiger partial charge in [0.05, 0.1) is 12.7 Å². The van der Waals surface area contributed by atoms with E-state index in [0.717, 1.165) is 26.2 Å². The molecule has 1 aliphatic rings. The summed E-state index contributed by atoms with van der Waals surface area (Å²) in [4.78, 5) is 2.48. The lowest BCUT2D eigenvalue weighted by atomic mass is 10.00. The maximum Gasteiger partial charge on any atom is 0.0881 e. The zero-order valence-corrected chi connectivity index (χ0v) is 13.2. The predicted octanol–water partition coefficient (Wildman–Crippen LogP) is 2.25. The monoisotopic (exact) mass is 279 g/mol. The van der Waals surface area contributed by atoms with Gasteiger partial charge in [-0.3, -0.25) is 4.90 Å². The van der Waals surface area contributed by atoms with Crippen LogP contribution in [0, 0.1) is 5.92 Å². The Morgan fingerprint density at radius 2 is 2.10 bits per heavy atom. The standard InChI is InChI=1S/C16H29N3O/c1-12(2)16(17)14-5-6-18(9-14)10-15-11-19(13(3)4)7-8-20-15/h5-6,9,12-13,15-16H,7-8,10-11,17H2,1-4H3. The Kier molecular flexibility index (Phi) is 5.24. The van der Waals surface area contributed by atoms with Crippen LogP contribution in [0.3, 0.4) is 0 Å². The van der Waals surface area contributed by atoms with Crippen molar-refractivity contribution in [2.45, 2.75) is 52.4 Å². The van der Waals surface area contributed by atoms with E-state index in [-0.39, 0.29) is 12.1 Å². The van der Waals surface area contributed by atoms with Gasteiger partial charge < -0.3 is 15.0 Å². The third-order valence-electron chi connectivity index (χ3n) is 4.19. The minimum atomic E-state index is 0.121. The Balaban J connectivity index is 1.93. The first kappa shape index (κ1) is 15.5. The normalized spacial score (nSPS) is 22.6. The number of hydrogen-bond acceptors (Lipinski definition) is 3. The van der Waals surface area contributed by atoms with Gasteiger partial charge >= 0.3 is 0 Å². The van der Waals surface area contributed by atoms with E-state index >= 15 is 0 Å². The molecule has 1 saturated heterocycles. The van der Waals surface area contributed by atoms with Crippen LogP contribution in [0.25, 0.3) is 0 Å². The minimum Gasteiger partial charge on any atom is -0.374 e. The molecule has 2 N–H and O–H groups in total. The van der Waals surface area contributed by atoms with E-state index in [0.29, 0.717) is 12.0 Å². The number of hydrogen-bond donors (Lipinski definition) is 1. The predicted molar refractivity (Wildman–Crippen MR) is 82.6 cm³/mol. The first-order chi connectivity index (χ1) is 9.47. The van der Waals surface area contributed by atoms with Crippen molar-refractivity contribution < 1.29 is 4.74 Å². The summed E-state index contributed by atoms with van der Waals surface area (Å²) < 4.78 is 8.10. The van der Waals surface area contributed by atoms with E-state index in [9.17, 15) is 0 Å². The van der Waals surface area contributed by atoms with Crippen LogP contribution in [-0.2, 0) is 11.3 Å². The molecule has 0 spiro atoms. The summed E-state index contributed by atoms with van der Waals surface area (Å²) >= 11 is 0. The van der Waals surface area contributed by atoms with Gasteiger partial charge in [-0.1, -0.05) is 13.8 Å². The zero-order chi connectivity index (χ0) is 14.7. The smallest absolute Gasteiger partial charge is 0.0881 e. The molecule has 0 amide bonds. The van der Waals surface area contributed by atoms with Gasteiger partial charge in [0.25, 0.3) is 0 Å². The van der Waals surface area contributed by atoms with Crippen molar-refractivity contribution in [3.8, 4) is 0 Å². The summed E-state index contributed by atoms with van der Waals surface area (Å²) in [5, 5.41) is 0. The van der Waals surface area contributed by atoms with Crippen LogP contribution in [0.4, 0.5) is 0 Å². The van der Waals surface area contributed by atoms with Crippen molar-refractivity contribution >= 4 is 0 Å². The third-order valence-corrected chi connectivity index (χ3v) is 4.19. The molecule has 1 aromatic heterocycles. The summed E-state index contributed by atoms with van der Waals surface area (Å²) in [6.07, 6.45) is 4.57. The molecule has 0 aromatic carbocycles. The molecule has 1 fully saturated rings. The number of morpholine rings is 1. The Bertz CT molecular complexity index is 414. The SMILES string of the molecule is CC(C)C(N)c1ccn(CC2CN(C(C)C)CCO2)c1. The van der Waals surface area contributed by atoms with Crippen LogP contribution in [0.2, 0.25) is 0 Å². The average Bonchev–Trinajstić information content (AvgIpc) is 2.86. The summed E-state index contributed by atoms with van der Waals surface area (Å²) in [7, 11) is 0. The van der Waals surface area contributed by atoms with Crippen LogP contribution in [0.5, 0.6) is 0 Å². The van der Waals surface area contributed by atoms with Gasteiger partial charge in [0.1, 0.15) is 0 Å². The van der Waals surface area contributed by atoms with Crippen LogP contribution in [0.15, 0.2) is 18.5 Å². The fourth-order valence-electron chi connectivity index (χ4n) is 2.71. The van der Waals surface area contributed by atoms with E-state index in [4.69, 9.17) is 10.5 Å². The van der Waals surface area contributed by atoms with Crippen LogP contribution < -0.4 is 5.73 Å². The second kappa shape index (κ2) is 6.74. The fraction of sp³-hybridized carbons (Fsp3) is 0.750. The summed E-state index contributed by atoms with van der Waals surface area (Å²) in [6.45, 7) is 12.6. The number of aromatic nitrogens is 1. The molecule has 4 nitrogen and oxygen atoms in total. The molecule has 1 aliphatic heterocycles. The molecule has 2 atom stereocenters. The highest BCUT2D eigenvalue weighted by Crippen LogP contribution is 2.19. The van der Waals surface area contributed by atoms with Crippen molar-refractivity contribution in [2.75, 3.05) is 19.7 Å². The molecular weight excluding hydrogens is 250 g/mol. The molecule has 0 radical (unpaired) electrons. The van der Waals surface area contributed by atoms with E-state index in [2.05, 4.69) is 55.6 Å².